The summed E-state index contributed by atoms with van der Waals surface area (Å²) < 4.78 is 5.27. The molecule has 158 valence electrons. The molecule has 1 saturated heterocycles. The highest BCUT2D eigenvalue weighted by atomic mass is 16.5. The van der Waals surface area contributed by atoms with Gasteiger partial charge in [0.05, 0.1) is 19.3 Å². The van der Waals surface area contributed by atoms with Crippen LogP contribution in [0.1, 0.15) is 29.3 Å². The molecule has 2 aromatic carbocycles. The van der Waals surface area contributed by atoms with Crippen LogP contribution < -0.4 is 10.2 Å². The maximum Gasteiger partial charge on any atom is 0.251 e. The molecule has 1 N–H and O–H groups in total. The van der Waals surface area contributed by atoms with Gasteiger partial charge in [0.15, 0.2) is 0 Å². The van der Waals surface area contributed by atoms with Crippen LogP contribution in [0, 0.1) is 0 Å². The molecule has 0 atom stereocenters. The van der Waals surface area contributed by atoms with Gasteiger partial charge in [-0.25, -0.2) is 0 Å². The maximum absolute atomic E-state index is 12.4. The SMILES string of the molecule is CCC(=O)N(c1ccc(-c2ccc(C(=O)NCc3cccnc3)cc2)cc1)C1COC1. The molecule has 0 radical (unpaired) electrons. The van der Waals surface area contributed by atoms with Crippen molar-refractivity contribution in [3.63, 3.8) is 0 Å². The van der Waals surface area contributed by atoms with Crippen LogP contribution >= 0.6 is 0 Å². The number of nitrogens with zero attached hydrogens (tertiary/aromatic N) is 2. The largest absolute Gasteiger partial charge is 0.377 e. The number of aromatic nitrogens is 1. The van der Waals surface area contributed by atoms with Crippen LogP contribution in [0.15, 0.2) is 73.1 Å². The summed E-state index contributed by atoms with van der Waals surface area (Å²) in [6, 6.07) is 19.3. The minimum Gasteiger partial charge on any atom is -0.377 e. The lowest BCUT2D eigenvalue weighted by molar-refractivity contribution is -0.121. The fourth-order valence-corrected chi connectivity index (χ4v) is 3.52. The van der Waals surface area contributed by atoms with E-state index in [0.717, 1.165) is 22.4 Å². The first kappa shape index (κ1) is 20.8. The van der Waals surface area contributed by atoms with Gasteiger partial charge in [-0.1, -0.05) is 37.3 Å². The molecule has 0 aliphatic carbocycles. The second-order valence-corrected chi connectivity index (χ2v) is 7.48. The van der Waals surface area contributed by atoms with Crippen molar-refractivity contribution in [2.24, 2.45) is 0 Å². The van der Waals surface area contributed by atoms with E-state index in [1.54, 1.807) is 12.4 Å². The molecular formula is C25H25N3O3. The Labute approximate surface area is 181 Å². The topological polar surface area (TPSA) is 71.5 Å². The van der Waals surface area contributed by atoms with Crippen LogP contribution in [0.25, 0.3) is 11.1 Å². The number of ether oxygens (including phenoxy) is 1. The smallest absolute Gasteiger partial charge is 0.251 e. The van der Waals surface area contributed by atoms with Gasteiger partial charge in [-0.15, -0.1) is 0 Å². The standard InChI is InChI=1S/C25H25N3O3/c1-2-24(29)28(23-16-31-17-23)22-11-9-20(10-12-22)19-5-7-21(8-6-19)25(30)27-15-18-4-3-13-26-14-18/h3-14,23H,2,15-17H2,1H3,(H,27,30). The summed E-state index contributed by atoms with van der Waals surface area (Å²) in [5, 5.41) is 2.91. The number of hydrogen-bond donors (Lipinski definition) is 1. The van der Waals surface area contributed by atoms with E-state index in [1.165, 1.54) is 0 Å². The Morgan fingerprint density at radius 1 is 1.03 bits per heavy atom. The number of hydrogen-bond acceptors (Lipinski definition) is 4. The minimum atomic E-state index is -0.123. The number of pyridine rings is 1. The summed E-state index contributed by atoms with van der Waals surface area (Å²) in [5.74, 6) is -0.0233. The van der Waals surface area contributed by atoms with Crippen molar-refractivity contribution < 1.29 is 14.3 Å². The zero-order valence-electron chi connectivity index (χ0n) is 17.5. The van der Waals surface area contributed by atoms with Gasteiger partial charge in [-0.2, -0.15) is 0 Å². The highest BCUT2D eigenvalue weighted by Crippen LogP contribution is 2.27. The van der Waals surface area contributed by atoms with Gasteiger partial charge < -0.3 is 15.0 Å². The van der Waals surface area contributed by atoms with Crippen LogP contribution in [0.4, 0.5) is 5.69 Å². The lowest BCUT2D eigenvalue weighted by atomic mass is 10.0. The predicted molar refractivity (Wildman–Crippen MR) is 120 cm³/mol. The van der Waals surface area contributed by atoms with E-state index in [1.807, 2.05) is 72.5 Å². The van der Waals surface area contributed by atoms with Gasteiger partial charge in [0, 0.05) is 36.6 Å². The van der Waals surface area contributed by atoms with E-state index in [9.17, 15) is 9.59 Å². The van der Waals surface area contributed by atoms with Gasteiger partial charge in [-0.05, 0) is 47.0 Å². The van der Waals surface area contributed by atoms with E-state index in [4.69, 9.17) is 4.74 Å². The second kappa shape index (κ2) is 9.53. The molecule has 2 heterocycles. The van der Waals surface area contributed by atoms with E-state index >= 15 is 0 Å². The molecule has 6 heteroatoms. The van der Waals surface area contributed by atoms with Crippen molar-refractivity contribution in [1.82, 2.24) is 10.3 Å². The fraction of sp³-hybridized carbons (Fsp3) is 0.240. The molecule has 1 aliphatic rings. The number of benzene rings is 2. The molecule has 1 fully saturated rings. The van der Waals surface area contributed by atoms with Crippen molar-refractivity contribution in [2.75, 3.05) is 18.1 Å². The van der Waals surface area contributed by atoms with Crippen LogP contribution in [-0.4, -0.2) is 36.1 Å². The van der Waals surface area contributed by atoms with Crippen molar-refractivity contribution in [3.05, 3.63) is 84.2 Å². The Kier molecular flexibility index (Phi) is 6.38. The van der Waals surface area contributed by atoms with Crippen LogP contribution in [0.2, 0.25) is 0 Å². The lowest BCUT2D eigenvalue weighted by Gasteiger charge is -2.37. The Hall–Kier alpha value is -3.51. The molecule has 2 amide bonds. The van der Waals surface area contributed by atoms with Crippen molar-refractivity contribution in [3.8, 4) is 11.1 Å². The van der Waals surface area contributed by atoms with E-state index < -0.39 is 0 Å². The third kappa shape index (κ3) is 4.81. The molecule has 4 rings (SSSR count). The Balaban J connectivity index is 1.42. The number of nitrogens with one attached hydrogen (secondary N) is 1. The molecule has 3 aromatic rings. The first-order chi connectivity index (χ1) is 15.2. The average Bonchev–Trinajstić information content (AvgIpc) is 2.80. The third-order valence-corrected chi connectivity index (χ3v) is 5.36. The van der Waals surface area contributed by atoms with Gasteiger partial charge >= 0.3 is 0 Å². The predicted octanol–water partition coefficient (Wildman–Crippen LogP) is 3.82. The molecule has 6 nitrogen and oxygen atoms in total. The monoisotopic (exact) mass is 415 g/mol. The zero-order chi connectivity index (χ0) is 21.6. The summed E-state index contributed by atoms with van der Waals surface area (Å²) in [6.45, 7) is 3.47. The summed E-state index contributed by atoms with van der Waals surface area (Å²) in [5.41, 5.74) is 4.48. The molecule has 31 heavy (non-hydrogen) atoms. The number of amides is 2. The lowest BCUT2D eigenvalue weighted by Crippen LogP contribution is -2.51. The number of anilines is 1. The molecule has 0 saturated carbocycles. The average molecular weight is 415 g/mol. The van der Waals surface area contributed by atoms with Gasteiger partial charge in [0.1, 0.15) is 0 Å². The molecule has 0 bridgehead atoms. The minimum absolute atomic E-state index is 0.0997. The van der Waals surface area contributed by atoms with Crippen molar-refractivity contribution in [1.29, 1.82) is 0 Å². The first-order valence-electron chi connectivity index (χ1n) is 10.4. The number of carbonyl (C=O) groups is 2. The summed E-state index contributed by atoms with van der Waals surface area (Å²) in [4.78, 5) is 30.7. The van der Waals surface area contributed by atoms with Crippen LogP contribution in [0.3, 0.4) is 0 Å². The third-order valence-electron chi connectivity index (χ3n) is 5.36. The molecule has 1 aromatic heterocycles. The normalized spacial score (nSPS) is 13.3. The second-order valence-electron chi connectivity index (χ2n) is 7.48. The Morgan fingerprint density at radius 3 is 2.26 bits per heavy atom. The molecule has 0 unspecified atom stereocenters. The molecule has 1 aliphatic heterocycles. The fourth-order valence-electron chi connectivity index (χ4n) is 3.52. The van der Waals surface area contributed by atoms with Crippen LogP contribution in [0.5, 0.6) is 0 Å². The quantitative estimate of drug-likeness (QED) is 0.637. The highest BCUT2D eigenvalue weighted by molar-refractivity contribution is 5.95. The van der Waals surface area contributed by atoms with Crippen molar-refractivity contribution in [2.45, 2.75) is 25.9 Å². The van der Waals surface area contributed by atoms with Crippen molar-refractivity contribution >= 4 is 17.5 Å². The Morgan fingerprint density at radius 2 is 1.71 bits per heavy atom. The number of carbonyl (C=O) groups excluding carboxylic acids is 2. The summed E-state index contributed by atoms with van der Waals surface area (Å²) in [6.07, 6.45) is 3.90. The highest BCUT2D eigenvalue weighted by Gasteiger charge is 2.30. The van der Waals surface area contributed by atoms with Gasteiger partial charge in [0.25, 0.3) is 5.91 Å². The van der Waals surface area contributed by atoms with E-state index in [-0.39, 0.29) is 17.9 Å². The van der Waals surface area contributed by atoms with Gasteiger partial charge in [0.2, 0.25) is 5.91 Å². The summed E-state index contributed by atoms with van der Waals surface area (Å²) in [7, 11) is 0. The first-order valence-corrected chi connectivity index (χ1v) is 10.4. The summed E-state index contributed by atoms with van der Waals surface area (Å²) >= 11 is 0. The van der Waals surface area contributed by atoms with E-state index in [0.29, 0.717) is 31.7 Å². The zero-order valence-corrected chi connectivity index (χ0v) is 17.5. The molecular weight excluding hydrogens is 390 g/mol. The molecule has 0 spiro atoms. The van der Waals surface area contributed by atoms with Crippen LogP contribution in [-0.2, 0) is 16.1 Å². The Bertz CT molecular complexity index is 1030. The maximum atomic E-state index is 12.4. The van der Waals surface area contributed by atoms with Gasteiger partial charge in [-0.3, -0.25) is 14.6 Å². The number of rotatable bonds is 7. The van der Waals surface area contributed by atoms with E-state index in [2.05, 4.69) is 10.3 Å².